The maximum absolute atomic E-state index is 5.09. The molecule has 0 unspecified atom stereocenters. The van der Waals surface area contributed by atoms with Crippen LogP contribution in [0.5, 0.6) is 0 Å². The largest absolute Gasteiger partial charge is 0.208 e. The summed E-state index contributed by atoms with van der Waals surface area (Å²) in [6, 6.07) is 47.9. The van der Waals surface area contributed by atoms with E-state index in [2.05, 4.69) is 149 Å². The van der Waals surface area contributed by atoms with Crippen molar-refractivity contribution in [3.63, 3.8) is 0 Å². The van der Waals surface area contributed by atoms with Crippen molar-refractivity contribution >= 4 is 24.0 Å². The Bertz CT molecular complexity index is 2320. The number of rotatable bonds is 5. The number of aromatic nitrogens is 3. The van der Waals surface area contributed by atoms with Crippen molar-refractivity contribution in [3.05, 3.63) is 145 Å². The topological polar surface area (TPSA) is 38.7 Å². The van der Waals surface area contributed by atoms with E-state index in [-0.39, 0.29) is 5.41 Å². The van der Waals surface area contributed by atoms with E-state index in [9.17, 15) is 0 Å². The first kappa shape index (κ1) is 29.2. The molecule has 0 fully saturated rings. The number of fused-ring (bicyclic) bond motifs is 4. The molecule has 1 aliphatic carbocycles. The third-order valence-corrected chi connectivity index (χ3v) is 11.7. The molecule has 8 rings (SSSR count). The molecule has 1 heterocycles. The summed E-state index contributed by atoms with van der Waals surface area (Å²) >= 11 is 0. The number of nitrogens with zero attached hydrogens (tertiary/aromatic N) is 3. The van der Waals surface area contributed by atoms with Crippen LogP contribution in [0.4, 0.5) is 0 Å². The van der Waals surface area contributed by atoms with E-state index in [0.29, 0.717) is 17.5 Å². The van der Waals surface area contributed by atoms with E-state index in [0.717, 1.165) is 22.3 Å². The standard InChI is InChI=1S/C43H37N3Si/c1-43(2)38-17-10-9-16-36(38)37-27-32(21-23-39(37)43)29-14-11-15-33(24-29)41-44-40(28-12-7-6-8-13-28)45-42(46-41)34-19-18-31-26-35(47(3,4)5)22-20-30(31)25-34/h6-27H,1-5H3. The number of hydrogen-bond donors (Lipinski definition) is 0. The maximum atomic E-state index is 5.09. The smallest absolute Gasteiger partial charge is 0.164 e. The maximum Gasteiger partial charge on any atom is 0.164 e. The van der Waals surface area contributed by atoms with Gasteiger partial charge in [0, 0.05) is 22.1 Å². The second-order valence-corrected chi connectivity index (χ2v) is 19.3. The summed E-state index contributed by atoms with van der Waals surface area (Å²) < 4.78 is 0. The Hall–Kier alpha value is -5.19. The van der Waals surface area contributed by atoms with Crippen LogP contribution in [0.1, 0.15) is 25.0 Å². The third kappa shape index (κ3) is 5.19. The van der Waals surface area contributed by atoms with Gasteiger partial charge in [-0.3, -0.25) is 0 Å². The molecule has 0 saturated carbocycles. The zero-order valence-corrected chi connectivity index (χ0v) is 28.5. The molecule has 1 aliphatic rings. The third-order valence-electron chi connectivity index (χ3n) is 9.67. The van der Waals surface area contributed by atoms with Crippen molar-refractivity contribution in [1.82, 2.24) is 15.0 Å². The molecular formula is C43H37N3Si. The van der Waals surface area contributed by atoms with Crippen LogP contribution in [0.15, 0.2) is 133 Å². The van der Waals surface area contributed by atoms with Gasteiger partial charge in [-0.1, -0.05) is 154 Å². The SMILES string of the molecule is CC1(C)c2ccccc2-c2cc(-c3cccc(-c4nc(-c5ccccc5)nc(-c5ccc6cc([Si](C)(C)C)ccc6c5)n4)c3)ccc21. The van der Waals surface area contributed by atoms with Gasteiger partial charge in [0.25, 0.3) is 0 Å². The van der Waals surface area contributed by atoms with E-state index in [1.54, 1.807) is 0 Å². The van der Waals surface area contributed by atoms with Crippen LogP contribution in [0.2, 0.25) is 19.6 Å². The van der Waals surface area contributed by atoms with Crippen molar-refractivity contribution in [2.45, 2.75) is 38.9 Å². The van der Waals surface area contributed by atoms with Gasteiger partial charge < -0.3 is 0 Å². The Morgan fingerprint density at radius 2 is 0.979 bits per heavy atom. The zero-order chi connectivity index (χ0) is 32.3. The molecule has 0 amide bonds. The van der Waals surface area contributed by atoms with Crippen LogP contribution in [0.25, 0.3) is 67.2 Å². The molecule has 0 N–H and O–H groups in total. The Balaban J connectivity index is 1.23. The lowest BCUT2D eigenvalue weighted by Crippen LogP contribution is -2.37. The number of hydrogen-bond acceptors (Lipinski definition) is 3. The van der Waals surface area contributed by atoms with Crippen molar-refractivity contribution in [2.24, 2.45) is 0 Å². The van der Waals surface area contributed by atoms with Gasteiger partial charge in [0.05, 0.1) is 8.07 Å². The van der Waals surface area contributed by atoms with E-state index < -0.39 is 8.07 Å². The van der Waals surface area contributed by atoms with Gasteiger partial charge in [-0.05, 0) is 62.4 Å². The normalized spacial score (nSPS) is 13.4. The monoisotopic (exact) mass is 623 g/mol. The second-order valence-electron chi connectivity index (χ2n) is 14.2. The molecule has 4 heteroatoms. The summed E-state index contributed by atoms with van der Waals surface area (Å²) in [5.74, 6) is 2.01. The first-order valence-electron chi connectivity index (χ1n) is 16.4. The minimum absolute atomic E-state index is 0.0131. The molecule has 0 bridgehead atoms. The fraction of sp³-hybridized carbons (Fsp3) is 0.140. The highest BCUT2D eigenvalue weighted by Gasteiger charge is 2.35. The highest BCUT2D eigenvalue weighted by molar-refractivity contribution is 6.88. The van der Waals surface area contributed by atoms with Crippen LogP contribution in [0, 0.1) is 0 Å². The lowest BCUT2D eigenvalue weighted by Gasteiger charge is -2.21. The van der Waals surface area contributed by atoms with Gasteiger partial charge in [-0.25, -0.2) is 15.0 Å². The van der Waals surface area contributed by atoms with Gasteiger partial charge in [0.1, 0.15) is 0 Å². The van der Waals surface area contributed by atoms with E-state index in [1.807, 2.05) is 18.2 Å². The second kappa shape index (κ2) is 11.0. The first-order chi connectivity index (χ1) is 22.6. The van der Waals surface area contributed by atoms with Crippen LogP contribution < -0.4 is 5.19 Å². The summed E-state index contributed by atoms with van der Waals surface area (Å²) in [5.41, 5.74) is 10.6. The molecule has 0 atom stereocenters. The molecule has 6 aromatic carbocycles. The highest BCUT2D eigenvalue weighted by Crippen LogP contribution is 2.49. The highest BCUT2D eigenvalue weighted by atomic mass is 28.3. The molecule has 228 valence electrons. The first-order valence-corrected chi connectivity index (χ1v) is 19.9. The summed E-state index contributed by atoms with van der Waals surface area (Å²) in [6.45, 7) is 11.8. The molecule has 7 aromatic rings. The molecule has 1 aromatic heterocycles. The van der Waals surface area contributed by atoms with Crippen molar-refractivity contribution in [2.75, 3.05) is 0 Å². The van der Waals surface area contributed by atoms with E-state index in [1.165, 1.54) is 43.8 Å². The van der Waals surface area contributed by atoms with E-state index >= 15 is 0 Å². The number of benzene rings is 6. The summed E-state index contributed by atoms with van der Waals surface area (Å²) in [5, 5.41) is 3.90. The average Bonchev–Trinajstić information content (AvgIpc) is 3.33. The van der Waals surface area contributed by atoms with Crippen LogP contribution in [-0.4, -0.2) is 23.0 Å². The predicted octanol–water partition coefficient (Wildman–Crippen LogP) is 10.5. The van der Waals surface area contributed by atoms with Crippen molar-refractivity contribution in [1.29, 1.82) is 0 Å². The van der Waals surface area contributed by atoms with Gasteiger partial charge in [-0.15, -0.1) is 0 Å². The summed E-state index contributed by atoms with van der Waals surface area (Å²) in [6.07, 6.45) is 0. The lowest BCUT2D eigenvalue weighted by molar-refractivity contribution is 0.660. The molecule has 0 radical (unpaired) electrons. The van der Waals surface area contributed by atoms with Gasteiger partial charge >= 0.3 is 0 Å². The van der Waals surface area contributed by atoms with Gasteiger partial charge in [0.15, 0.2) is 17.5 Å². The molecule has 47 heavy (non-hydrogen) atoms. The fourth-order valence-electron chi connectivity index (χ4n) is 6.94. The molecule has 0 spiro atoms. The van der Waals surface area contributed by atoms with Gasteiger partial charge in [-0.2, -0.15) is 0 Å². The Morgan fingerprint density at radius 1 is 0.426 bits per heavy atom. The van der Waals surface area contributed by atoms with Crippen LogP contribution >= 0.6 is 0 Å². The minimum Gasteiger partial charge on any atom is -0.208 e. The molecular weight excluding hydrogens is 587 g/mol. The molecule has 0 saturated heterocycles. The Labute approximate surface area is 278 Å². The predicted molar refractivity (Wildman–Crippen MR) is 200 cm³/mol. The minimum atomic E-state index is -1.41. The lowest BCUT2D eigenvalue weighted by atomic mass is 9.82. The van der Waals surface area contributed by atoms with Crippen molar-refractivity contribution < 1.29 is 0 Å². The van der Waals surface area contributed by atoms with Gasteiger partial charge in [0.2, 0.25) is 0 Å². The molecule has 0 aliphatic heterocycles. The van der Waals surface area contributed by atoms with Crippen LogP contribution in [0.3, 0.4) is 0 Å². The fourth-order valence-corrected chi connectivity index (χ4v) is 8.11. The van der Waals surface area contributed by atoms with Crippen LogP contribution in [-0.2, 0) is 5.41 Å². The average molecular weight is 624 g/mol. The van der Waals surface area contributed by atoms with E-state index in [4.69, 9.17) is 15.0 Å². The summed E-state index contributed by atoms with van der Waals surface area (Å²) in [4.78, 5) is 15.1. The molecule has 3 nitrogen and oxygen atoms in total. The quantitative estimate of drug-likeness (QED) is 0.179. The summed E-state index contributed by atoms with van der Waals surface area (Å²) in [7, 11) is -1.41. The zero-order valence-electron chi connectivity index (χ0n) is 27.5. The van der Waals surface area contributed by atoms with Crippen molar-refractivity contribution in [3.8, 4) is 56.4 Å². The Morgan fingerprint density at radius 3 is 1.74 bits per heavy atom. The Kier molecular flexibility index (Phi) is 6.82.